The van der Waals surface area contributed by atoms with Crippen LogP contribution in [0.4, 0.5) is 4.39 Å². The van der Waals surface area contributed by atoms with Crippen LogP contribution in [-0.2, 0) is 24.1 Å². The minimum Gasteiger partial charge on any atom is -0.308 e. The smallest absolute Gasteiger partial charge is 0.244 e. The maximum Gasteiger partial charge on any atom is 0.244 e. The summed E-state index contributed by atoms with van der Waals surface area (Å²) in [6.45, 7) is 4.01. The van der Waals surface area contributed by atoms with Crippen LogP contribution in [0.5, 0.6) is 0 Å². The third-order valence-electron chi connectivity index (χ3n) is 5.61. The molecule has 7 heteroatoms. The number of aryl methyl sites for hydroxylation is 2. The predicted molar refractivity (Wildman–Crippen MR) is 120 cm³/mol. The van der Waals surface area contributed by atoms with Gasteiger partial charge in [-0.05, 0) is 68.9 Å². The number of thiophene rings is 1. The van der Waals surface area contributed by atoms with Gasteiger partial charge in [-0.1, -0.05) is 12.1 Å². The number of nitrogens with one attached hydrogen (secondary N) is 1. The number of amides is 1. The quantitative estimate of drug-likeness (QED) is 0.466. The molecular formula is C24H23FN4OS. The lowest BCUT2D eigenvalue weighted by Crippen LogP contribution is -2.19. The highest BCUT2D eigenvalue weighted by atomic mass is 32.1. The van der Waals surface area contributed by atoms with Crippen LogP contribution in [0.3, 0.4) is 0 Å². The van der Waals surface area contributed by atoms with Crippen molar-refractivity contribution in [2.24, 2.45) is 5.10 Å². The lowest BCUT2D eigenvalue weighted by Gasteiger charge is -2.10. The van der Waals surface area contributed by atoms with Crippen LogP contribution in [0.2, 0.25) is 0 Å². The number of hydrogen-bond donors (Lipinski definition) is 1. The standard InChI is InChI=1S/C24H23FN4OS/c1-15-11-18(14-27-28-23(30)12-17-7-9-19(25)10-8-17)16(2)29(15)24-21(13-26)20-5-3-4-6-22(20)31-24/h7-11,14H,3-6,12H2,1-2H3,(H,28,30)/b27-14+. The molecule has 1 aliphatic carbocycles. The first-order valence-electron chi connectivity index (χ1n) is 10.3. The number of hydrazone groups is 1. The molecule has 0 radical (unpaired) electrons. The van der Waals surface area contributed by atoms with E-state index in [9.17, 15) is 14.4 Å². The summed E-state index contributed by atoms with van der Waals surface area (Å²) in [5.41, 5.74) is 8.13. The first-order chi connectivity index (χ1) is 15.0. The Bertz CT molecular complexity index is 1200. The Morgan fingerprint density at radius 3 is 2.77 bits per heavy atom. The number of benzene rings is 1. The summed E-state index contributed by atoms with van der Waals surface area (Å²) >= 11 is 1.71. The van der Waals surface area contributed by atoms with E-state index in [0.29, 0.717) is 0 Å². The van der Waals surface area contributed by atoms with Crippen molar-refractivity contribution in [1.29, 1.82) is 5.26 Å². The maximum atomic E-state index is 13.0. The van der Waals surface area contributed by atoms with E-state index in [0.717, 1.165) is 52.3 Å². The molecule has 0 fully saturated rings. The molecule has 31 heavy (non-hydrogen) atoms. The van der Waals surface area contributed by atoms with Crippen molar-refractivity contribution in [2.75, 3.05) is 0 Å². The van der Waals surface area contributed by atoms with Gasteiger partial charge in [0.25, 0.3) is 0 Å². The molecule has 5 nitrogen and oxygen atoms in total. The minimum absolute atomic E-state index is 0.128. The summed E-state index contributed by atoms with van der Waals surface area (Å²) in [5, 5.41) is 14.9. The highest BCUT2D eigenvalue weighted by molar-refractivity contribution is 7.15. The molecule has 2 heterocycles. The first-order valence-corrected chi connectivity index (χ1v) is 11.1. The van der Waals surface area contributed by atoms with Gasteiger partial charge in [-0.25, -0.2) is 9.82 Å². The van der Waals surface area contributed by atoms with Crippen molar-refractivity contribution in [2.45, 2.75) is 46.0 Å². The Labute approximate surface area is 184 Å². The zero-order chi connectivity index (χ0) is 22.0. The summed E-state index contributed by atoms with van der Waals surface area (Å²) in [7, 11) is 0. The van der Waals surface area contributed by atoms with E-state index in [1.807, 2.05) is 19.9 Å². The summed E-state index contributed by atoms with van der Waals surface area (Å²) in [5.74, 6) is -0.599. The van der Waals surface area contributed by atoms with Gasteiger partial charge in [0, 0.05) is 21.8 Å². The fourth-order valence-electron chi connectivity index (χ4n) is 4.06. The third kappa shape index (κ3) is 4.30. The van der Waals surface area contributed by atoms with Gasteiger partial charge >= 0.3 is 0 Å². The van der Waals surface area contributed by atoms with Crippen LogP contribution in [0.15, 0.2) is 35.4 Å². The van der Waals surface area contributed by atoms with Gasteiger partial charge in [0.05, 0.1) is 18.2 Å². The third-order valence-corrected chi connectivity index (χ3v) is 6.89. The number of aromatic nitrogens is 1. The van der Waals surface area contributed by atoms with Crippen molar-refractivity contribution in [3.8, 4) is 11.1 Å². The molecule has 1 N–H and O–H groups in total. The van der Waals surface area contributed by atoms with Crippen molar-refractivity contribution in [3.05, 3.63) is 74.7 Å². The second-order valence-corrected chi connectivity index (χ2v) is 8.84. The van der Waals surface area contributed by atoms with Gasteiger partial charge in [0.15, 0.2) is 0 Å². The van der Waals surface area contributed by atoms with Crippen molar-refractivity contribution in [1.82, 2.24) is 9.99 Å². The predicted octanol–water partition coefficient (Wildman–Crippen LogP) is 4.74. The zero-order valence-electron chi connectivity index (χ0n) is 17.5. The van der Waals surface area contributed by atoms with Gasteiger partial charge in [0.1, 0.15) is 16.9 Å². The van der Waals surface area contributed by atoms with Crippen LogP contribution in [-0.4, -0.2) is 16.7 Å². The number of carbonyl (C=O) groups excluding carboxylic acids is 1. The van der Waals surface area contributed by atoms with Gasteiger partial charge in [0.2, 0.25) is 5.91 Å². The Kier molecular flexibility index (Phi) is 6.01. The van der Waals surface area contributed by atoms with Crippen LogP contribution < -0.4 is 5.43 Å². The Morgan fingerprint density at radius 1 is 1.29 bits per heavy atom. The fourth-order valence-corrected chi connectivity index (χ4v) is 5.51. The van der Waals surface area contributed by atoms with Crippen LogP contribution >= 0.6 is 11.3 Å². The number of carbonyl (C=O) groups is 1. The Hall–Kier alpha value is -3.24. The van der Waals surface area contributed by atoms with Crippen LogP contribution in [0.25, 0.3) is 5.00 Å². The van der Waals surface area contributed by atoms with Crippen molar-refractivity contribution >= 4 is 23.5 Å². The number of hydrogen-bond acceptors (Lipinski definition) is 4. The molecule has 3 aromatic rings. The maximum absolute atomic E-state index is 13.0. The van der Waals surface area contributed by atoms with E-state index >= 15 is 0 Å². The molecule has 1 aliphatic rings. The molecule has 0 spiro atoms. The minimum atomic E-state index is -0.330. The number of rotatable bonds is 5. The average molecular weight is 435 g/mol. The first kappa shape index (κ1) is 21.0. The summed E-state index contributed by atoms with van der Waals surface area (Å²) in [6.07, 6.45) is 6.09. The van der Waals surface area contributed by atoms with E-state index in [2.05, 4.69) is 21.2 Å². The molecule has 1 aromatic carbocycles. The molecule has 0 atom stereocenters. The number of nitrogens with zero attached hydrogens (tertiary/aromatic N) is 3. The number of nitriles is 1. The summed E-state index contributed by atoms with van der Waals surface area (Å²) < 4.78 is 15.1. The van der Waals surface area contributed by atoms with Crippen LogP contribution in [0, 0.1) is 31.0 Å². The molecule has 0 saturated heterocycles. The molecule has 0 saturated carbocycles. The van der Waals surface area contributed by atoms with E-state index in [1.54, 1.807) is 29.7 Å². The van der Waals surface area contributed by atoms with Crippen molar-refractivity contribution in [3.63, 3.8) is 0 Å². The molecule has 0 aliphatic heterocycles. The monoisotopic (exact) mass is 434 g/mol. The largest absolute Gasteiger partial charge is 0.308 e. The van der Waals surface area contributed by atoms with Crippen LogP contribution in [0.1, 0.15) is 51.4 Å². The normalized spacial score (nSPS) is 13.2. The Balaban J connectivity index is 1.52. The lowest BCUT2D eigenvalue weighted by atomic mass is 9.96. The average Bonchev–Trinajstić information content (AvgIpc) is 3.25. The van der Waals surface area contributed by atoms with Gasteiger partial charge in [-0.15, -0.1) is 11.3 Å². The zero-order valence-corrected chi connectivity index (χ0v) is 18.4. The second kappa shape index (κ2) is 8.86. The van der Waals surface area contributed by atoms with Gasteiger partial charge in [-0.2, -0.15) is 10.4 Å². The molecule has 2 aromatic heterocycles. The molecular weight excluding hydrogens is 411 g/mol. The SMILES string of the molecule is Cc1cc(/C=N/NC(=O)Cc2ccc(F)cc2)c(C)n1-c1sc2c(c1C#N)CCCC2. The van der Waals surface area contributed by atoms with Crippen molar-refractivity contribution < 1.29 is 9.18 Å². The molecule has 4 rings (SSSR count). The summed E-state index contributed by atoms with van der Waals surface area (Å²) in [6, 6.07) is 10.3. The second-order valence-electron chi connectivity index (χ2n) is 7.76. The van der Waals surface area contributed by atoms with E-state index in [-0.39, 0.29) is 18.1 Å². The van der Waals surface area contributed by atoms with Gasteiger partial charge < -0.3 is 4.57 Å². The van der Waals surface area contributed by atoms with Gasteiger partial charge in [-0.3, -0.25) is 4.79 Å². The Morgan fingerprint density at radius 2 is 2.03 bits per heavy atom. The summed E-state index contributed by atoms with van der Waals surface area (Å²) in [4.78, 5) is 13.4. The lowest BCUT2D eigenvalue weighted by molar-refractivity contribution is -0.120. The molecule has 158 valence electrons. The number of fused-ring (bicyclic) bond motifs is 1. The highest BCUT2D eigenvalue weighted by Crippen LogP contribution is 2.38. The van der Waals surface area contributed by atoms with E-state index < -0.39 is 0 Å². The number of halogens is 1. The van der Waals surface area contributed by atoms with E-state index in [4.69, 9.17) is 0 Å². The fraction of sp³-hybridized carbons (Fsp3) is 0.292. The molecule has 1 amide bonds. The highest BCUT2D eigenvalue weighted by Gasteiger charge is 2.23. The van der Waals surface area contributed by atoms with E-state index in [1.165, 1.54) is 29.0 Å². The topological polar surface area (TPSA) is 70.2 Å². The molecule has 0 bridgehead atoms. The molecule has 0 unspecified atom stereocenters.